The fourth-order valence-corrected chi connectivity index (χ4v) is 2.13. The maximum Gasteiger partial charge on any atom is 0.228 e. The Morgan fingerprint density at radius 1 is 1.50 bits per heavy atom. The van der Waals surface area contributed by atoms with Crippen molar-refractivity contribution in [2.24, 2.45) is 5.73 Å². The van der Waals surface area contributed by atoms with Gasteiger partial charge in [0.25, 0.3) is 0 Å². The van der Waals surface area contributed by atoms with Crippen molar-refractivity contribution in [3.05, 3.63) is 23.3 Å². The van der Waals surface area contributed by atoms with Crippen LogP contribution < -0.4 is 15.4 Å². The van der Waals surface area contributed by atoms with E-state index in [0.717, 1.165) is 16.8 Å². The van der Waals surface area contributed by atoms with Crippen molar-refractivity contribution in [3.63, 3.8) is 0 Å². The van der Waals surface area contributed by atoms with Crippen molar-refractivity contribution in [2.75, 3.05) is 19.1 Å². The molecule has 1 aliphatic heterocycles. The molecule has 0 spiro atoms. The van der Waals surface area contributed by atoms with Crippen LogP contribution in [0.5, 0.6) is 5.75 Å². The van der Waals surface area contributed by atoms with E-state index in [9.17, 15) is 4.79 Å². The van der Waals surface area contributed by atoms with Crippen LogP contribution in [0.1, 0.15) is 23.6 Å². The van der Waals surface area contributed by atoms with E-state index in [0.29, 0.717) is 12.2 Å². The normalized spacial score (nSPS) is 19.6. The third-order valence-electron chi connectivity index (χ3n) is 2.97. The lowest BCUT2D eigenvalue weighted by atomic mass is 9.94. The Labute approximate surface area is 95.0 Å². The summed E-state index contributed by atoms with van der Waals surface area (Å²) in [5.74, 6) is 0.739. The zero-order valence-electron chi connectivity index (χ0n) is 9.78. The van der Waals surface area contributed by atoms with E-state index >= 15 is 0 Å². The molecule has 2 N–H and O–H groups in total. The van der Waals surface area contributed by atoms with E-state index in [1.54, 1.807) is 19.1 Å². The highest BCUT2D eigenvalue weighted by atomic mass is 16.5. The molecule has 0 saturated carbocycles. The first-order valence-electron chi connectivity index (χ1n) is 5.25. The number of aryl methyl sites for hydroxylation is 1. The number of ether oxygens (including phenoxy) is 1. The number of amides is 1. The van der Waals surface area contributed by atoms with Gasteiger partial charge >= 0.3 is 0 Å². The summed E-state index contributed by atoms with van der Waals surface area (Å²) in [5, 5.41) is 0. The Morgan fingerprint density at radius 2 is 2.19 bits per heavy atom. The number of hydrogen-bond donors (Lipinski definition) is 1. The predicted molar refractivity (Wildman–Crippen MR) is 62.7 cm³/mol. The minimum Gasteiger partial charge on any atom is -0.495 e. The van der Waals surface area contributed by atoms with Gasteiger partial charge in [0.2, 0.25) is 5.91 Å². The molecule has 1 aromatic rings. The fraction of sp³-hybridized carbons (Fsp3) is 0.417. The van der Waals surface area contributed by atoms with Crippen LogP contribution in [0, 0.1) is 6.92 Å². The van der Waals surface area contributed by atoms with Crippen LogP contribution in [0.25, 0.3) is 0 Å². The average Bonchev–Trinajstić information content (AvgIpc) is 2.25. The van der Waals surface area contributed by atoms with Crippen molar-refractivity contribution < 1.29 is 9.53 Å². The molecule has 0 aliphatic carbocycles. The van der Waals surface area contributed by atoms with E-state index < -0.39 is 0 Å². The van der Waals surface area contributed by atoms with Gasteiger partial charge in [-0.1, -0.05) is 6.07 Å². The van der Waals surface area contributed by atoms with E-state index in [1.807, 2.05) is 19.1 Å². The monoisotopic (exact) mass is 220 g/mol. The lowest BCUT2D eigenvalue weighted by Crippen LogP contribution is -2.36. The Balaban J connectivity index is 2.65. The van der Waals surface area contributed by atoms with Gasteiger partial charge in [-0.25, -0.2) is 0 Å². The van der Waals surface area contributed by atoms with Gasteiger partial charge in [0.15, 0.2) is 0 Å². The number of hydrogen-bond acceptors (Lipinski definition) is 3. The molecular weight excluding hydrogens is 204 g/mol. The quantitative estimate of drug-likeness (QED) is 0.777. The largest absolute Gasteiger partial charge is 0.495 e. The van der Waals surface area contributed by atoms with Gasteiger partial charge < -0.3 is 15.4 Å². The zero-order valence-corrected chi connectivity index (χ0v) is 9.78. The highest BCUT2D eigenvalue weighted by Gasteiger charge is 2.29. The van der Waals surface area contributed by atoms with Crippen molar-refractivity contribution in [2.45, 2.75) is 19.4 Å². The molecule has 1 amide bonds. The van der Waals surface area contributed by atoms with E-state index in [1.165, 1.54) is 0 Å². The van der Waals surface area contributed by atoms with E-state index in [-0.39, 0.29) is 11.9 Å². The molecule has 4 heteroatoms. The fourth-order valence-electron chi connectivity index (χ4n) is 2.13. The summed E-state index contributed by atoms with van der Waals surface area (Å²) in [7, 11) is 3.36. The summed E-state index contributed by atoms with van der Waals surface area (Å²) >= 11 is 0. The third-order valence-corrected chi connectivity index (χ3v) is 2.97. The number of anilines is 1. The van der Waals surface area contributed by atoms with Crippen LogP contribution >= 0.6 is 0 Å². The van der Waals surface area contributed by atoms with Gasteiger partial charge in [0, 0.05) is 19.5 Å². The number of carbonyl (C=O) groups is 1. The maximum absolute atomic E-state index is 11.7. The van der Waals surface area contributed by atoms with Gasteiger partial charge in [0.05, 0.1) is 12.8 Å². The van der Waals surface area contributed by atoms with Gasteiger partial charge in [0.1, 0.15) is 5.75 Å². The second kappa shape index (κ2) is 3.79. The molecule has 0 aromatic heterocycles. The Kier molecular flexibility index (Phi) is 2.59. The summed E-state index contributed by atoms with van der Waals surface area (Å²) in [6.45, 7) is 1.99. The Bertz CT molecular complexity index is 443. The minimum atomic E-state index is -0.229. The second-order valence-corrected chi connectivity index (χ2v) is 4.17. The first-order valence-corrected chi connectivity index (χ1v) is 5.25. The molecule has 1 heterocycles. The number of nitrogens with zero attached hydrogens (tertiary/aromatic N) is 1. The molecule has 1 atom stereocenters. The maximum atomic E-state index is 11.7. The number of fused-ring (bicyclic) bond motifs is 1. The van der Waals surface area contributed by atoms with Crippen LogP contribution in [-0.4, -0.2) is 20.1 Å². The van der Waals surface area contributed by atoms with Crippen molar-refractivity contribution in [1.29, 1.82) is 0 Å². The smallest absolute Gasteiger partial charge is 0.228 e. The van der Waals surface area contributed by atoms with Crippen LogP contribution in [0.3, 0.4) is 0 Å². The van der Waals surface area contributed by atoms with E-state index in [4.69, 9.17) is 10.5 Å². The molecule has 16 heavy (non-hydrogen) atoms. The number of methoxy groups -OCH3 is 1. The first kappa shape index (κ1) is 11.0. The van der Waals surface area contributed by atoms with Crippen LogP contribution in [0.4, 0.5) is 5.69 Å². The van der Waals surface area contributed by atoms with Crippen molar-refractivity contribution in [1.82, 2.24) is 0 Å². The Hall–Kier alpha value is -1.55. The summed E-state index contributed by atoms with van der Waals surface area (Å²) < 4.78 is 5.31. The first-order chi connectivity index (χ1) is 7.54. The number of nitrogens with two attached hydrogens (primary N) is 1. The van der Waals surface area contributed by atoms with Gasteiger partial charge in [-0.2, -0.15) is 0 Å². The zero-order chi connectivity index (χ0) is 11.9. The predicted octanol–water partition coefficient (Wildman–Crippen LogP) is 1.37. The van der Waals surface area contributed by atoms with Crippen LogP contribution in [-0.2, 0) is 4.79 Å². The second-order valence-electron chi connectivity index (χ2n) is 4.17. The lowest BCUT2D eigenvalue weighted by molar-refractivity contribution is -0.119. The summed E-state index contributed by atoms with van der Waals surface area (Å²) in [4.78, 5) is 13.3. The highest BCUT2D eigenvalue weighted by molar-refractivity contribution is 5.98. The molecule has 2 rings (SSSR count). The molecule has 1 aromatic carbocycles. The summed E-state index contributed by atoms with van der Waals surface area (Å²) in [6.07, 6.45) is 0.357. The molecule has 1 unspecified atom stereocenters. The summed E-state index contributed by atoms with van der Waals surface area (Å²) in [5.41, 5.74) is 8.87. The molecular formula is C12H16N2O2. The lowest BCUT2D eigenvalue weighted by Gasteiger charge is -2.31. The summed E-state index contributed by atoms with van der Waals surface area (Å²) in [6, 6.07) is 3.71. The minimum absolute atomic E-state index is 0.0298. The van der Waals surface area contributed by atoms with Crippen molar-refractivity contribution in [3.8, 4) is 5.75 Å². The number of rotatable bonds is 1. The highest BCUT2D eigenvalue weighted by Crippen LogP contribution is 2.40. The molecule has 86 valence electrons. The molecule has 4 nitrogen and oxygen atoms in total. The van der Waals surface area contributed by atoms with Gasteiger partial charge in [-0.05, 0) is 24.1 Å². The molecule has 0 fully saturated rings. The topological polar surface area (TPSA) is 55.6 Å². The van der Waals surface area contributed by atoms with Gasteiger partial charge in [-0.15, -0.1) is 0 Å². The van der Waals surface area contributed by atoms with Gasteiger partial charge in [-0.3, -0.25) is 4.79 Å². The standard InChI is InChI=1S/C12H16N2O2/c1-7-4-8-9(13)6-11(15)14(2)12(8)10(5-7)16-3/h4-5,9H,6,13H2,1-3H3. The molecule has 0 saturated heterocycles. The number of carbonyl (C=O) groups excluding carboxylic acids is 1. The third kappa shape index (κ3) is 1.55. The molecule has 1 aliphatic rings. The molecule has 0 radical (unpaired) electrons. The Morgan fingerprint density at radius 3 is 2.81 bits per heavy atom. The van der Waals surface area contributed by atoms with Crippen LogP contribution in [0.15, 0.2) is 12.1 Å². The number of benzene rings is 1. The van der Waals surface area contributed by atoms with E-state index in [2.05, 4.69) is 0 Å². The van der Waals surface area contributed by atoms with Crippen LogP contribution in [0.2, 0.25) is 0 Å². The SMILES string of the molecule is COc1cc(C)cc2c1N(C)C(=O)CC2N. The van der Waals surface area contributed by atoms with Crippen molar-refractivity contribution >= 4 is 11.6 Å². The molecule has 0 bridgehead atoms. The average molecular weight is 220 g/mol.